The van der Waals surface area contributed by atoms with Gasteiger partial charge in [0.15, 0.2) is 5.78 Å². The van der Waals surface area contributed by atoms with E-state index < -0.39 is 65.7 Å². The molecule has 1 N–H and O–H groups in total. The van der Waals surface area contributed by atoms with Crippen LogP contribution in [0.2, 0.25) is 0 Å². The number of hydrogen-bond acceptors (Lipinski definition) is 2. The fourth-order valence-electron chi connectivity index (χ4n) is 2.07. The number of benzene rings is 1. The van der Waals surface area contributed by atoms with Crippen LogP contribution in [0.1, 0.15) is 23.2 Å². The van der Waals surface area contributed by atoms with E-state index in [-0.39, 0.29) is 0 Å². The van der Waals surface area contributed by atoms with E-state index in [2.05, 4.69) is 0 Å². The number of aromatic hydroxyl groups is 1. The van der Waals surface area contributed by atoms with E-state index >= 15 is 0 Å². The van der Waals surface area contributed by atoms with E-state index in [4.69, 9.17) is 0 Å². The molecule has 15 heteroatoms. The zero-order valence-electron chi connectivity index (χ0n) is 14.0. The molecular formula is C15H9F13O2. The fraction of sp³-hybridized carbons (Fsp3) is 0.533. The van der Waals surface area contributed by atoms with Crippen molar-refractivity contribution in [2.75, 3.05) is 0 Å². The standard InChI is InChI=1S/C15H9F13O2/c16-10(17,6-5-9(30)7-3-1-2-4-8(7)29)11(18,19)12(20,21)13(22,23)14(24,25)15(26,27)28/h1-4,29H,5-6H2. The topological polar surface area (TPSA) is 37.3 Å². The van der Waals surface area contributed by atoms with Crippen LogP contribution in [-0.4, -0.2) is 46.7 Å². The van der Waals surface area contributed by atoms with E-state index in [1.165, 1.54) is 0 Å². The van der Waals surface area contributed by atoms with Crippen molar-refractivity contribution in [1.82, 2.24) is 0 Å². The molecule has 1 aromatic carbocycles. The van der Waals surface area contributed by atoms with Crippen molar-refractivity contribution in [1.29, 1.82) is 0 Å². The highest BCUT2D eigenvalue weighted by molar-refractivity contribution is 5.98. The predicted octanol–water partition coefficient (Wildman–Crippen LogP) is 6.09. The summed E-state index contributed by atoms with van der Waals surface area (Å²) in [5.74, 6) is -39.8. The van der Waals surface area contributed by atoms with Gasteiger partial charge < -0.3 is 5.11 Å². The van der Waals surface area contributed by atoms with Crippen molar-refractivity contribution in [3.05, 3.63) is 29.8 Å². The van der Waals surface area contributed by atoms with Crippen molar-refractivity contribution >= 4 is 5.78 Å². The maximum Gasteiger partial charge on any atom is 0.460 e. The van der Waals surface area contributed by atoms with Crippen LogP contribution in [0.4, 0.5) is 57.1 Å². The van der Waals surface area contributed by atoms with Crippen molar-refractivity contribution in [2.24, 2.45) is 0 Å². The van der Waals surface area contributed by atoms with Crippen molar-refractivity contribution < 1.29 is 67.0 Å². The van der Waals surface area contributed by atoms with Crippen LogP contribution in [-0.2, 0) is 0 Å². The number of rotatable bonds is 8. The van der Waals surface area contributed by atoms with Gasteiger partial charge in [-0.05, 0) is 12.1 Å². The molecular weight excluding hydrogens is 459 g/mol. The number of carbonyl (C=O) groups is 1. The second-order valence-corrected chi connectivity index (χ2v) is 5.94. The van der Waals surface area contributed by atoms with Gasteiger partial charge in [0.2, 0.25) is 0 Å². The summed E-state index contributed by atoms with van der Waals surface area (Å²) in [5, 5.41) is 9.31. The number of alkyl halides is 13. The molecule has 0 spiro atoms. The smallest absolute Gasteiger partial charge is 0.460 e. The molecule has 0 atom stereocenters. The van der Waals surface area contributed by atoms with Gasteiger partial charge in [-0.3, -0.25) is 4.79 Å². The number of hydrogen-bond donors (Lipinski definition) is 1. The van der Waals surface area contributed by atoms with E-state index in [1.807, 2.05) is 0 Å². The van der Waals surface area contributed by atoms with Crippen LogP contribution in [0.3, 0.4) is 0 Å². The summed E-state index contributed by atoms with van der Waals surface area (Å²) in [5.41, 5.74) is -0.752. The van der Waals surface area contributed by atoms with Crippen molar-refractivity contribution in [2.45, 2.75) is 48.6 Å². The highest BCUT2D eigenvalue weighted by Crippen LogP contribution is 2.60. The number of carbonyl (C=O) groups excluding carboxylic acids is 1. The van der Waals surface area contributed by atoms with Crippen molar-refractivity contribution in [3.63, 3.8) is 0 Å². The average Bonchev–Trinajstić information content (AvgIpc) is 2.58. The van der Waals surface area contributed by atoms with Crippen LogP contribution < -0.4 is 0 Å². The summed E-state index contributed by atoms with van der Waals surface area (Å²) in [6.45, 7) is 0. The number of phenolic OH excluding ortho intramolecular Hbond substituents is 1. The molecule has 0 unspecified atom stereocenters. The molecule has 0 heterocycles. The Labute approximate surface area is 158 Å². The SMILES string of the molecule is O=C(CCC(F)(F)C(F)(F)C(F)(F)C(F)(F)C(F)(F)C(F)(F)F)c1ccccc1O. The predicted molar refractivity (Wildman–Crippen MR) is 72.5 cm³/mol. The molecule has 0 aliphatic carbocycles. The molecule has 30 heavy (non-hydrogen) atoms. The summed E-state index contributed by atoms with van der Waals surface area (Å²) in [7, 11) is 0. The molecule has 2 nitrogen and oxygen atoms in total. The summed E-state index contributed by atoms with van der Waals surface area (Å²) in [4.78, 5) is 11.6. The maximum absolute atomic E-state index is 13.6. The van der Waals surface area contributed by atoms with Gasteiger partial charge in [-0.1, -0.05) is 12.1 Å². The van der Waals surface area contributed by atoms with Gasteiger partial charge in [-0.2, -0.15) is 57.1 Å². The Hall–Kier alpha value is -2.22. The van der Waals surface area contributed by atoms with Gasteiger partial charge in [-0.25, -0.2) is 0 Å². The first kappa shape index (κ1) is 25.8. The second kappa shape index (κ2) is 7.48. The Morgan fingerprint density at radius 1 is 0.700 bits per heavy atom. The van der Waals surface area contributed by atoms with Crippen LogP contribution in [0.5, 0.6) is 5.75 Å². The van der Waals surface area contributed by atoms with E-state index in [0.717, 1.165) is 24.3 Å². The minimum Gasteiger partial charge on any atom is -0.507 e. The normalized spacial score (nSPS) is 14.7. The first-order valence-corrected chi connectivity index (χ1v) is 7.42. The van der Waals surface area contributed by atoms with E-state index in [1.54, 1.807) is 0 Å². The largest absolute Gasteiger partial charge is 0.507 e. The first-order chi connectivity index (χ1) is 13.1. The number of para-hydroxylation sites is 1. The van der Waals surface area contributed by atoms with Gasteiger partial charge in [0.1, 0.15) is 5.75 Å². The molecule has 0 saturated heterocycles. The van der Waals surface area contributed by atoms with Gasteiger partial charge in [0.25, 0.3) is 0 Å². The zero-order chi connectivity index (χ0) is 24.0. The minimum atomic E-state index is -7.98. The zero-order valence-corrected chi connectivity index (χ0v) is 14.0. The van der Waals surface area contributed by atoms with Crippen molar-refractivity contribution in [3.8, 4) is 5.75 Å². The lowest BCUT2D eigenvalue weighted by atomic mass is 9.91. The first-order valence-electron chi connectivity index (χ1n) is 7.42. The Morgan fingerprint density at radius 2 is 1.13 bits per heavy atom. The Bertz CT molecular complexity index is 783. The number of phenols is 1. The third-order valence-electron chi connectivity index (χ3n) is 3.87. The molecule has 0 amide bonds. The monoisotopic (exact) mass is 468 g/mol. The Kier molecular flexibility index (Phi) is 6.44. The van der Waals surface area contributed by atoms with Gasteiger partial charge >= 0.3 is 35.8 Å². The van der Waals surface area contributed by atoms with Crippen LogP contribution >= 0.6 is 0 Å². The quantitative estimate of drug-likeness (QED) is 0.370. The molecule has 0 fully saturated rings. The molecule has 0 aliphatic heterocycles. The minimum absolute atomic E-state index is 0.752. The molecule has 1 aromatic rings. The van der Waals surface area contributed by atoms with Gasteiger partial charge in [0, 0.05) is 12.8 Å². The third kappa shape index (κ3) is 3.89. The molecule has 0 bridgehead atoms. The van der Waals surface area contributed by atoms with Crippen LogP contribution in [0, 0.1) is 0 Å². The summed E-state index contributed by atoms with van der Waals surface area (Å²) in [6.07, 6.45) is -11.9. The van der Waals surface area contributed by atoms with Gasteiger partial charge in [0.05, 0.1) is 5.56 Å². The molecule has 0 radical (unpaired) electrons. The maximum atomic E-state index is 13.6. The lowest BCUT2D eigenvalue weighted by Crippen LogP contribution is -2.70. The molecule has 1 rings (SSSR count). The highest BCUT2D eigenvalue weighted by atomic mass is 19.4. The lowest BCUT2D eigenvalue weighted by Gasteiger charge is -2.39. The third-order valence-corrected chi connectivity index (χ3v) is 3.87. The van der Waals surface area contributed by atoms with E-state index in [0.29, 0.717) is 0 Å². The Balaban J connectivity index is 3.23. The van der Waals surface area contributed by atoms with Crippen LogP contribution in [0.15, 0.2) is 24.3 Å². The molecule has 0 aliphatic rings. The molecule has 0 saturated carbocycles. The molecule has 0 aromatic heterocycles. The van der Waals surface area contributed by atoms with Crippen LogP contribution in [0.25, 0.3) is 0 Å². The summed E-state index contributed by atoms with van der Waals surface area (Å²) >= 11 is 0. The number of ketones is 1. The van der Waals surface area contributed by atoms with Gasteiger partial charge in [-0.15, -0.1) is 0 Å². The number of halogens is 13. The summed E-state index contributed by atoms with van der Waals surface area (Å²) in [6, 6.07) is 3.83. The fourth-order valence-corrected chi connectivity index (χ4v) is 2.07. The average molecular weight is 468 g/mol. The summed E-state index contributed by atoms with van der Waals surface area (Å²) < 4.78 is 168. The highest BCUT2D eigenvalue weighted by Gasteiger charge is 2.90. The Morgan fingerprint density at radius 3 is 1.57 bits per heavy atom. The lowest BCUT2D eigenvalue weighted by molar-refractivity contribution is -0.440. The molecule has 172 valence electrons. The second-order valence-electron chi connectivity index (χ2n) is 5.94. The van der Waals surface area contributed by atoms with E-state index in [9.17, 15) is 67.0 Å². The number of Topliss-reactive ketones (excluding diaryl/α,β-unsaturated/α-hetero) is 1.